The fourth-order valence-electron chi connectivity index (χ4n) is 5.09. The Hall–Kier alpha value is -4.05. The Labute approximate surface area is 264 Å². The minimum absolute atomic E-state index is 0.00772. The van der Waals surface area contributed by atoms with Gasteiger partial charge in [0.2, 0.25) is 16.0 Å². The molecule has 0 spiro atoms. The minimum atomic E-state index is -4.79. The molecule has 4 rings (SSSR count). The number of piperidine rings is 1. The predicted octanol–water partition coefficient (Wildman–Crippen LogP) is 4.65. The maximum absolute atomic E-state index is 15.2. The van der Waals surface area contributed by atoms with Crippen molar-refractivity contribution in [3.8, 4) is 5.75 Å². The van der Waals surface area contributed by atoms with Gasteiger partial charge < -0.3 is 20.3 Å². The van der Waals surface area contributed by atoms with Crippen molar-refractivity contribution in [3.05, 3.63) is 70.3 Å². The summed E-state index contributed by atoms with van der Waals surface area (Å²) >= 11 is 0. The van der Waals surface area contributed by atoms with Gasteiger partial charge in [-0.2, -0.15) is 13.2 Å². The highest BCUT2D eigenvalue weighted by Crippen LogP contribution is 2.34. The zero-order chi connectivity index (χ0) is 34.0. The van der Waals surface area contributed by atoms with Crippen LogP contribution in [0, 0.1) is 12.7 Å². The molecule has 1 aliphatic heterocycles. The first-order valence-corrected chi connectivity index (χ1v) is 16.1. The van der Waals surface area contributed by atoms with E-state index in [0.717, 1.165) is 28.3 Å². The largest absolute Gasteiger partial charge is 0.495 e. The summed E-state index contributed by atoms with van der Waals surface area (Å²) in [5.74, 6) is -2.17. The van der Waals surface area contributed by atoms with E-state index in [2.05, 4.69) is 20.6 Å². The van der Waals surface area contributed by atoms with Crippen LogP contribution in [-0.4, -0.2) is 82.0 Å². The lowest BCUT2D eigenvalue weighted by molar-refractivity contribution is -0.138. The van der Waals surface area contributed by atoms with Crippen molar-refractivity contribution in [2.24, 2.45) is 0 Å². The van der Waals surface area contributed by atoms with Gasteiger partial charge in [0.05, 0.1) is 47.6 Å². The first-order chi connectivity index (χ1) is 21.5. The number of methoxy groups -OCH3 is 1. The molecule has 16 heteroatoms. The van der Waals surface area contributed by atoms with Crippen molar-refractivity contribution in [3.63, 3.8) is 0 Å². The Morgan fingerprint density at radius 1 is 1.20 bits per heavy atom. The number of carbonyl (C=O) groups is 1. The molecule has 2 atom stereocenters. The third kappa shape index (κ3) is 8.20. The smallest absolute Gasteiger partial charge is 0.419 e. The van der Waals surface area contributed by atoms with E-state index in [1.165, 1.54) is 14.2 Å². The molecule has 0 bridgehead atoms. The molecule has 250 valence electrons. The zero-order valence-electron chi connectivity index (χ0n) is 25.9. The van der Waals surface area contributed by atoms with Gasteiger partial charge in [-0.25, -0.2) is 27.2 Å². The van der Waals surface area contributed by atoms with E-state index in [9.17, 15) is 30.8 Å². The monoisotopic (exact) mass is 670 g/mol. The van der Waals surface area contributed by atoms with E-state index in [4.69, 9.17) is 4.74 Å². The summed E-state index contributed by atoms with van der Waals surface area (Å²) in [5, 5.41) is 5.18. The highest BCUT2D eigenvalue weighted by molar-refractivity contribution is 7.92. The number of aryl methyl sites for hydroxylation is 3. The van der Waals surface area contributed by atoms with Crippen LogP contribution < -0.4 is 19.7 Å². The molecule has 0 unspecified atom stereocenters. The van der Waals surface area contributed by atoms with Crippen molar-refractivity contribution in [2.45, 2.75) is 44.6 Å². The van der Waals surface area contributed by atoms with E-state index in [0.29, 0.717) is 30.4 Å². The number of ether oxygens (including phenoxy) is 1. The molecule has 10 nitrogen and oxygen atoms in total. The Bertz CT molecular complexity index is 1710. The molecule has 3 aromatic rings. The second-order valence-corrected chi connectivity index (χ2v) is 13.2. The Kier molecular flexibility index (Phi) is 10.4. The standard InChI is InChI=1S/C30H35F5N6O4S/c1-17-6-7-18(26(12-17)41(3)46(5,43)44)8-9-23-20(30(33,34)35)15-36-29(38-23)39-25-14-21(31)19(13-27(25)45-4)28(42)37-24-10-11-40(2)16-22(24)32/h6-7,12-15,22,24H,8-11,16H2,1-5H3,(H,37,42)(H,36,38,39)/t22-,24+/m1/s1. The van der Waals surface area contributed by atoms with Gasteiger partial charge in [0.1, 0.15) is 17.7 Å². The second-order valence-electron chi connectivity index (χ2n) is 11.2. The number of hydrogen-bond donors (Lipinski definition) is 2. The van der Waals surface area contributed by atoms with Crippen LogP contribution in [0.4, 0.5) is 39.3 Å². The number of likely N-dealkylation sites (tertiary alicyclic amines) is 1. The maximum atomic E-state index is 15.2. The second kappa shape index (κ2) is 13.7. The van der Waals surface area contributed by atoms with E-state index < -0.39 is 51.3 Å². The van der Waals surface area contributed by atoms with Crippen molar-refractivity contribution in [2.75, 3.05) is 50.2 Å². The van der Waals surface area contributed by atoms with Crippen LogP contribution in [0.3, 0.4) is 0 Å². The molecule has 1 saturated heterocycles. The van der Waals surface area contributed by atoms with Gasteiger partial charge in [-0.1, -0.05) is 12.1 Å². The highest BCUT2D eigenvalue weighted by Gasteiger charge is 2.35. The maximum Gasteiger partial charge on any atom is 0.419 e. The molecule has 1 amide bonds. The Morgan fingerprint density at radius 2 is 1.91 bits per heavy atom. The van der Waals surface area contributed by atoms with Crippen LogP contribution in [0.2, 0.25) is 0 Å². The lowest BCUT2D eigenvalue weighted by Crippen LogP contribution is -2.51. The molecule has 46 heavy (non-hydrogen) atoms. The van der Waals surface area contributed by atoms with Gasteiger partial charge in [-0.05, 0) is 56.5 Å². The summed E-state index contributed by atoms with van der Waals surface area (Å²) in [5.41, 5.74) is -0.378. The quantitative estimate of drug-likeness (QED) is 0.300. The number of benzene rings is 2. The summed E-state index contributed by atoms with van der Waals surface area (Å²) < 4.78 is 102. The molecule has 2 heterocycles. The van der Waals surface area contributed by atoms with Gasteiger partial charge >= 0.3 is 6.18 Å². The molecular formula is C30H35F5N6O4S. The van der Waals surface area contributed by atoms with Crippen molar-refractivity contribution < 1.29 is 39.9 Å². The van der Waals surface area contributed by atoms with Crippen molar-refractivity contribution in [1.29, 1.82) is 0 Å². The predicted molar refractivity (Wildman–Crippen MR) is 163 cm³/mol. The molecular weight excluding hydrogens is 635 g/mol. The Morgan fingerprint density at radius 3 is 2.54 bits per heavy atom. The topological polar surface area (TPSA) is 117 Å². The van der Waals surface area contributed by atoms with Gasteiger partial charge in [0, 0.05) is 32.4 Å². The van der Waals surface area contributed by atoms with Gasteiger partial charge in [-0.3, -0.25) is 9.10 Å². The molecule has 2 N–H and O–H groups in total. The molecule has 0 radical (unpaired) electrons. The van der Waals surface area contributed by atoms with E-state index in [1.54, 1.807) is 37.1 Å². The number of nitrogens with one attached hydrogen (secondary N) is 2. The number of nitrogens with zero attached hydrogens (tertiary/aromatic N) is 4. The zero-order valence-corrected chi connectivity index (χ0v) is 26.7. The number of rotatable bonds is 10. The van der Waals surface area contributed by atoms with E-state index in [1.807, 2.05) is 0 Å². The van der Waals surface area contributed by atoms with Crippen LogP contribution >= 0.6 is 0 Å². The minimum Gasteiger partial charge on any atom is -0.495 e. The van der Waals surface area contributed by atoms with Crippen molar-refractivity contribution >= 4 is 33.3 Å². The SMILES string of the molecule is COc1cc(C(=O)N[C@H]2CCN(C)C[C@H]2F)c(F)cc1Nc1ncc(C(F)(F)F)c(CCc2ccc(C)cc2N(C)S(C)(=O)=O)n1. The summed E-state index contributed by atoms with van der Waals surface area (Å²) in [6, 6.07) is 6.20. The first-order valence-electron chi connectivity index (χ1n) is 14.2. The number of aromatic nitrogens is 2. The lowest BCUT2D eigenvalue weighted by atomic mass is 10.0. The summed E-state index contributed by atoms with van der Waals surface area (Å²) in [6.07, 6.45) is -4.40. The summed E-state index contributed by atoms with van der Waals surface area (Å²) in [7, 11) is 0.712. The average Bonchev–Trinajstić information content (AvgIpc) is 2.96. The van der Waals surface area contributed by atoms with E-state index >= 15 is 4.39 Å². The van der Waals surface area contributed by atoms with Crippen LogP contribution in [0.5, 0.6) is 5.75 Å². The number of alkyl halides is 4. The van der Waals surface area contributed by atoms with Crippen LogP contribution in [0.1, 0.15) is 39.2 Å². The first kappa shape index (κ1) is 34.8. The van der Waals surface area contributed by atoms with Gasteiger partial charge in [0.15, 0.2) is 0 Å². The molecule has 1 fully saturated rings. The van der Waals surface area contributed by atoms with Gasteiger partial charge in [-0.15, -0.1) is 0 Å². The van der Waals surface area contributed by atoms with Crippen LogP contribution in [0.25, 0.3) is 0 Å². The molecule has 1 aliphatic rings. The number of carbonyl (C=O) groups excluding carboxylic acids is 1. The number of sulfonamides is 1. The van der Waals surface area contributed by atoms with Crippen LogP contribution in [0.15, 0.2) is 36.5 Å². The third-order valence-corrected chi connectivity index (χ3v) is 8.91. The summed E-state index contributed by atoms with van der Waals surface area (Å²) in [6.45, 7) is 2.44. The van der Waals surface area contributed by atoms with Gasteiger partial charge in [0.25, 0.3) is 5.91 Å². The molecule has 1 aromatic heterocycles. The number of amides is 1. The highest BCUT2D eigenvalue weighted by atomic mass is 32.2. The fourth-order valence-corrected chi connectivity index (χ4v) is 5.62. The third-order valence-electron chi connectivity index (χ3n) is 7.72. The molecule has 0 saturated carbocycles. The molecule has 0 aliphatic carbocycles. The van der Waals surface area contributed by atoms with Crippen LogP contribution in [-0.2, 0) is 29.0 Å². The number of halogens is 5. The number of hydrogen-bond acceptors (Lipinski definition) is 8. The normalized spacial score (nSPS) is 17.4. The average molecular weight is 671 g/mol. The molecule has 2 aromatic carbocycles. The van der Waals surface area contributed by atoms with E-state index in [-0.39, 0.29) is 42.5 Å². The summed E-state index contributed by atoms with van der Waals surface area (Å²) in [4.78, 5) is 22.4. The Balaban J connectivity index is 1.60. The number of anilines is 3. The van der Waals surface area contributed by atoms with Crippen molar-refractivity contribution in [1.82, 2.24) is 20.2 Å². The lowest BCUT2D eigenvalue weighted by Gasteiger charge is -2.32. The fraction of sp³-hybridized carbons (Fsp3) is 0.433.